The fraction of sp³-hybridized carbons (Fsp3) is 0.176. The summed E-state index contributed by atoms with van der Waals surface area (Å²) in [6.45, 7) is 0. The fourth-order valence-corrected chi connectivity index (χ4v) is 6.22. The number of aliphatic carboxylic acids is 1. The number of hydrogen-bond acceptors (Lipinski definition) is 8. The predicted octanol–water partition coefficient (Wildman–Crippen LogP) is 3.59. The average molecular weight is 512 g/mol. The maximum Gasteiger partial charge on any atom is 0.345 e. The van der Waals surface area contributed by atoms with E-state index in [9.17, 15) is 35.2 Å². The number of carboxylic acid groups (broad SMARTS) is 1. The first-order chi connectivity index (χ1) is 15.0. The van der Waals surface area contributed by atoms with Crippen molar-refractivity contribution in [2.24, 2.45) is 4.99 Å². The SMILES string of the molecule is O=C(O)[C@H]1CSC(C2Nc3ccc(OS(=O)(=O)c4c(F)c(F)c(F)c(F)c4F)cc3S2)=N1. The zero-order chi connectivity index (χ0) is 23.4. The van der Waals surface area contributed by atoms with Gasteiger partial charge in [0.25, 0.3) is 0 Å². The summed E-state index contributed by atoms with van der Waals surface area (Å²) in [6, 6.07) is 2.79. The Morgan fingerprint density at radius 2 is 1.72 bits per heavy atom. The molecule has 0 aromatic heterocycles. The molecule has 2 atom stereocenters. The highest BCUT2D eigenvalue weighted by molar-refractivity contribution is 8.16. The van der Waals surface area contributed by atoms with Crippen LogP contribution in [-0.4, -0.2) is 41.7 Å². The monoisotopic (exact) mass is 512 g/mol. The largest absolute Gasteiger partial charge is 0.480 e. The molecule has 0 saturated carbocycles. The highest BCUT2D eigenvalue weighted by Gasteiger charge is 2.36. The van der Waals surface area contributed by atoms with Crippen molar-refractivity contribution in [2.45, 2.75) is 21.2 Å². The van der Waals surface area contributed by atoms with Crippen LogP contribution in [0.5, 0.6) is 5.75 Å². The quantitative estimate of drug-likeness (QED) is 0.271. The molecule has 0 fully saturated rings. The van der Waals surface area contributed by atoms with E-state index in [-0.39, 0.29) is 5.75 Å². The average Bonchev–Trinajstić information content (AvgIpc) is 3.37. The number of nitrogens with one attached hydrogen (secondary N) is 1. The minimum absolute atomic E-state index is 0.258. The molecule has 2 aromatic carbocycles. The smallest absolute Gasteiger partial charge is 0.345 e. The Hall–Kier alpha value is -2.52. The lowest BCUT2D eigenvalue weighted by molar-refractivity contribution is -0.137. The Balaban J connectivity index is 1.59. The van der Waals surface area contributed by atoms with Crippen molar-refractivity contribution >= 4 is 50.3 Å². The molecule has 0 bridgehead atoms. The number of fused-ring (bicyclic) bond motifs is 1. The van der Waals surface area contributed by atoms with Gasteiger partial charge in [0.05, 0.1) is 0 Å². The van der Waals surface area contributed by atoms with Gasteiger partial charge in [0.1, 0.15) is 16.2 Å². The van der Waals surface area contributed by atoms with E-state index in [0.717, 1.165) is 17.8 Å². The van der Waals surface area contributed by atoms with Gasteiger partial charge in [-0.1, -0.05) is 11.8 Å². The number of rotatable bonds is 5. The maximum atomic E-state index is 13.9. The van der Waals surface area contributed by atoms with Gasteiger partial charge in [-0.2, -0.15) is 8.42 Å². The molecule has 15 heteroatoms. The van der Waals surface area contributed by atoms with E-state index >= 15 is 0 Å². The molecule has 0 saturated heterocycles. The Labute approximate surface area is 185 Å². The molecule has 1 unspecified atom stereocenters. The highest BCUT2D eigenvalue weighted by atomic mass is 32.2. The molecular formula is C17H9F5N2O5S3. The molecule has 0 amide bonds. The van der Waals surface area contributed by atoms with Crippen molar-refractivity contribution in [3.63, 3.8) is 0 Å². The second-order valence-corrected chi connectivity index (χ2v) is 10.0. The van der Waals surface area contributed by atoms with Gasteiger partial charge in [0.2, 0.25) is 5.82 Å². The Morgan fingerprint density at radius 1 is 1.09 bits per heavy atom. The molecule has 2 heterocycles. The van der Waals surface area contributed by atoms with E-state index in [0.29, 0.717) is 15.6 Å². The van der Waals surface area contributed by atoms with Crippen molar-refractivity contribution < 1.29 is 44.5 Å². The van der Waals surface area contributed by atoms with Gasteiger partial charge < -0.3 is 14.6 Å². The van der Waals surface area contributed by atoms with Gasteiger partial charge in [0.15, 0.2) is 34.2 Å². The van der Waals surface area contributed by atoms with Crippen LogP contribution < -0.4 is 9.50 Å². The van der Waals surface area contributed by atoms with Crippen LogP contribution in [0.3, 0.4) is 0 Å². The van der Waals surface area contributed by atoms with E-state index in [1.807, 2.05) is 0 Å². The van der Waals surface area contributed by atoms with Crippen molar-refractivity contribution in [2.75, 3.05) is 11.1 Å². The van der Waals surface area contributed by atoms with Crippen LogP contribution in [0.2, 0.25) is 0 Å². The number of carboxylic acids is 1. The summed E-state index contributed by atoms with van der Waals surface area (Å²) in [5.74, 6) is -13.7. The third-order valence-electron chi connectivity index (χ3n) is 4.29. The van der Waals surface area contributed by atoms with Crippen molar-refractivity contribution in [1.29, 1.82) is 0 Å². The van der Waals surface area contributed by atoms with E-state index in [1.165, 1.54) is 23.9 Å². The van der Waals surface area contributed by atoms with E-state index < -0.39 is 67.2 Å². The van der Waals surface area contributed by atoms with Crippen molar-refractivity contribution in [3.05, 3.63) is 47.3 Å². The topological polar surface area (TPSA) is 105 Å². The lowest BCUT2D eigenvalue weighted by Gasteiger charge is -2.11. The Bertz CT molecular complexity index is 1260. The van der Waals surface area contributed by atoms with Crippen LogP contribution in [0.1, 0.15) is 0 Å². The van der Waals surface area contributed by atoms with Crippen LogP contribution in [0.15, 0.2) is 33.0 Å². The van der Waals surface area contributed by atoms with E-state index in [2.05, 4.69) is 14.5 Å². The van der Waals surface area contributed by atoms with Gasteiger partial charge in [-0.25, -0.2) is 26.7 Å². The van der Waals surface area contributed by atoms with Gasteiger partial charge in [-0.15, -0.1) is 11.8 Å². The number of aliphatic imine (C=N–C) groups is 1. The molecule has 0 radical (unpaired) electrons. The number of benzene rings is 2. The zero-order valence-corrected chi connectivity index (χ0v) is 17.7. The summed E-state index contributed by atoms with van der Waals surface area (Å²) in [5, 5.41) is 12.1. The first-order valence-corrected chi connectivity index (χ1v) is 11.7. The molecule has 7 nitrogen and oxygen atoms in total. The van der Waals surface area contributed by atoms with E-state index in [1.54, 1.807) is 0 Å². The summed E-state index contributed by atoms with van der Waals surface area (Å²) in [4.78, 5) is 13.5. The number of nitrogens with zero attached hydrogens (tertiary/aromatic N) is 1. The second kappa shape index (κ2) is 8.12. The lowest BCUT2D eigenvalue weighted by atomic mass is 10.3. The molecule has 2 aliphatic heterocycles. The fourth-order valence-electron chi connectivity index (χ4n) is 2.82. The summed E-state index contributed by atoms with van der Waals surface area (Å²) in [7, 11) is -5.42. The predicted molar refractivity (Wildman–Crippen MR) is 105 cm³/mol. The third-order valence-corrected chi connectivity index (χ3v) is 8.00. The standard InChI is InChI=1S/C17H9F5N2O5S3/c18-9-10(19)12(21)14(13(22)11(9)20)32(27,28)29-5-1-2-6-8(3-5)31-16(23-6)15-24-7(4-30-15)17(25)26/h1-3,7,16,23H,4H2,(H,25,26)/t7-,16?/m1/s1. The Kier molecular flexibility index (Phi) is 5.75. The Morgan fingerprint density at radius 3 is 2.31 bits per heavy atom. The zero-order valence-electron chi connectivity index (χ0n) is 15.2. The third kappa shape index (κ3) is 3.88. The number of carbonyl (C=O) groups is 1. The van der Waals surface area contributed by atoms with Crippen molar-refractivity contribution in [3.8, 4) is 5.75 Å². The first kappa shape index (κ1) is 22.7. The molecule has 2 N–H and O–H groups in total. The maximum absolute atomic E-state index is 13.9. The highest BCUT2D eigenvalue weighted by Crippen LogP contribution is 2.43. The van der Waals surface area contributed by atoms with Crippen LogP contribution in [0.25, 0.3) is 0 Å². The molecular weight excluding hydrogens is 503 g/mol. The number of thioether (sulfide) groups is 2. The second-order valence-electron chi connectivity index (χ2n) is 6.37. The van der Waals surface area contributed by atoms with Crippen LogP contribution in [0, 0.1) is 29.1 Å². The van der Waals surface area contributed by atoms with Crippen molar-refractivity contribution in [1.82, 2.24) is 0 Å². The van der Waals surface area contributed by atoms with Gasteiger partial charge in [-0.05, 0) is 18.2 Å². The van der Waals surface area contributed by atoms with E-state index in [4.69, 9.17) is 5.11 Å². The molecule has 32 heavy (non-hydrogen) atoms. The van der Waals surface area contributed by atoms with Crippen LogP contribution in [-0.2, 0) is 14.9 Å². The lowest BCUT2D eigenvalue weighted by Crippen LogP contribution is -2.19. The van der Waals surface area contributed by atoms with Crippen LogP contribution in [0.4, 0.5) is 27.6 Å². The summed E-state index contributed by atoms with van der Waals surface area (Å²) in [5.41, 5.74) is 0.517. The molecule has 4 rings (SSSR count). The minimum Gasteiger partial charge on any atom is -0.480 e. The molecule has 0 aliphatic carbocycles. The molecule has 2 aliphatic rings. The summed E-state index contributed by atoms with van der Waals surface area (Å²) < 4.78 is 96.9. The van der Waals surface area contributed by atoms with Crippen LogP contribution >= 0.6 is 23.5 Å². The number of anilines is 1. The molecule has 0 spiro atoms. The summed E-state index contributed by atoms with van der Waals surface area (Å²) >= 11 is 2.39. The molecule has 170 valence electrons. The first-order valence-electron chi connectivity index (χ1n) is 8.46. The van der Waals surface area contributed by atoms with Gasteiger partial charge in [-0.3, -0.25) is 4.99 Å². The minimum atomic E-state index is -5.42. The number of hydrogen-bond donors (Lipinski definition) is 2. The normalized spacial score (nSPS) is 20.0. The van der Waals surface area contributed by atoms with Gasteiger partial charge in [0, 0.05) is 16.3 Å². The summed E-state index contributed by atoms with van der Waals surface area (Å²) in [6.07, 6.45) is 0. The van der Waals surface area contributed by atoms with Gasteiger partial charge >= 0.3 is 16.1 Å². The number of halogens is 5. The molecule has 2 aromatic rings.